The number of aliphatic carboxylic acids is 1. The number of aromatic nitrogens is 3. The zero-order chi connectivity index (χ0) is 19.6. The summed E-state index contributed by atoms with van der Waals surface area (Å²) in [4.78, 5) is 23.4. The summed E-state index contributed by atoms with van der Waals surface area (Å²) in [6.07, 6.45) is 1.58. The van der Waals surface area contributed by atoms with Crippen LogP contribution in [0.1, 0.15) is 49.8 Å². The van der Waals surface area contributed by atoms with E-state index < -0.39 is 5.97 Å². The number of carboxylic acid groups (broad SMARTS) is 1. The molecule has 144 valence electrons. The second-order valence-electron chi connectivity index (χ2n) is 6.99. The highest BCUT2D eigenvalue weighted by molar-refractivity contribution is 5.93. The molecule has 1 aromatic carbocycles. The van der Waals surface area contributed by atoms with Crippen LogP contribution in [-0.4, -0.2) is 44.1 Å². The summed E-state index contributed by atoms with van der Waals surface area (Å²) in [5.41, 5.74) is 1.78. The van der Waals surface area contributed by atoms with Crippen LogP contribution < -0.4 is 10.1 Å². The van der Waals surface area contributed by atoms with E-state index in [0.29, 0.717) is 25.0 Å². The van der Waals surface area contributed by atoms with Crippen LogP contribution in [0.5, 0.6) is 5.75 Å². The number of carbonyl (C=O) groups excluding carboxylic acids is 1. The van der Waals surface area contributed by atoms with Crippen LogP contribution in [0.25, 0.3) is 5.69 Å². The van der Waals surface area contributed by atoms with Gasteiger partial charge in [-0.15, -0.1) is 5.10 Å². The normalized spacial score (nSPS) is 18.8. The van der Waals surface area contributed by atoms with Gasteiger partial charge >= 0.3 is 5.97 Å². The number of benzene rings is 1. The zero-order valence-corrected chi connectivity index (χ0v) is 15.7. The lowest BCUT2D eigenvalue weighted by Gasteiger charge is -2.32. The van der Waals surface area contributed by atoms with Crippen molar-refractivity contribution in [3.05, 3.63) is 35.7 Å². The minimum Gasteiger partial charge on any atom is -0.491 e. The summed E-state index contributed by atoms with van der Waals surface area (Å²) in [6.45, 7) is 5.87. The maximum Gasteiger partial charge on any atom is 0.306 e. The maximum atomic E-state index is 12.5. The van der Waals surface area contributed by atoms with Gasteiger partial charge in [0.15, 0.2) is 5.69 Å². The van der Waals surface area contributed by atoms with Gasteiger partial charge in [-0.1, -0.05) is 12.1 Å². The van der Waals surface area contributed by atoms with Crippen molar-refractivity contribution in [1.82, 2.24) is 20.3 Å². The van der Waals surface area contributed by atoms with Gasteiger partial charge in [-0.05, 0) is 57.4 Å². The molecule has 1 heterocycles. The van der Waals surface area contributed by atoms with Gasteiger partial charge in [-0.2, -0.15) is 0 Å². The fourth-order valence-corrected chi connectivity index (χ4v) is 3.13. The highest BCUT2D eigenvalue weighted by atomic mass is 16.5. The Bertz CT molecular complexity index is 823. The lowest BCUT2D eigenvalue weighted by molar-refractivity contribution is -0.145. The van der Waals surface area contributed by atoms with Crippen LogP contribution in [0.3, 0.4) is 0 Å². The van der Waals surface area contributed by atoms with E-state index in [1.807, 2.05) is 45.0 Å². The molecule has 1 amide bonds. The molecule has 8 heteroatoms. The molecule has 0 unspecified atom stereocenters. The van der Waals surface area contributed by atoms with Crippen LogP contribution in [0.15, 0.2) is 24.3 Å². The number of amides is 1. The van der Waals surface area contributed by atoms with E-state index in [2.05, 4.69) is 15.6 Å². The van der Waals surface area contributed by atoms with Crippen LogP contribution >= 0.6 is 0 Å². The lowest BCUT2D eigenvalue weighted by atomic mass is 9.80. The number of nitrogens with one attached hydrogen (secondary N) is 1. The Morgan fingerprint density at radius 3 is 2.52 bits per heavy atom. The van der Waals surface area contributed by atoms with Gasteiger partial charge in [0, 0.05) is 6.04 Å². The summed E-state index contributed by atoms with van der Waals surface area (Å²) >= 11 is 0. The lowest BCUT2D eigenvalue weighted by Crippen LogP contribution is -2.47. The van der Waals surface area contributed by atoms with Gasteiger partial charge in [0.2, 0.25) is 0 Å². The highest BCUT2D eigenvalue weighted by Gasteiger charge is 2.36. The summed E-state index contributed by atoms with van der Waals surface area (Å²) in [5, 5.41) is 20.0. The minimum absolute atomic E-state index is 0.0935. The third-order valence-electron chi connectivity index (χ3n) is 4.59. The molecule has 1 aliphatic carbocycles. The number of hydrogen-bond acceptors (Lipinski definition) is 5. The Morgan fingerprint density at radius 2 is 1.96 bits per heavy atom. The van der Waals surface area contributed by atoms with Crippen molar-refractivity contribution in [2.24, 2.45) is 5.92 Å². The fraction of sp³-hybridized carbons (Fsp3) is 0.474. The number of hydrogen-bond donors (Lipinski definition) is 2. The molecule has 1 fully saturated rings. The summed E-state index contributed by atoms with van der Waals surface area (Å²) in [7, 11) is 0. The van der Waals surface area contributed by atoms with E-state index in [1.165, 1.54) is 0 Å². The molecule has 0 saturated heterocycles. The Labute approximate surface area is 157 Å². The monoisotopic (exact) mass is 372 g/mol. The summed E-state index contributed by atoms with van der Waals surface area (Å²) < 4.78 is 7.29. The third-order valence-corrected chi connectivity index (χ3v) is 4.59. The molecule has 1 aromatic heterocycles. The largest absolute Gasteiger partial charge is 0.491 e. The zero-order valence-electron chi connectivity index (χ0n) is 15.7. The molecule has 2 N–H and O–H groups in total. The Morgan fingerprint density at radius 1 is 1.30 bits per heavy atom. The molecule has 0 radical (unpaired) electrons. The van der Waals surface area contributed by atoms with E-state index in [0.717, 1.165) is 11.4 Å². The number of rotatable bonds is 7. The molecule has 27 heavy (non-hydrogen) atoms. The predicted octanol–water partition coefficient (Wildman–Crippen LogP) is 2.21. The van der Waals surface area contributed by atoms with E-state index in [4.69, 9.17) is 9.84 Å². The molecule has 0 atom stereocenters. The Kier molecular flexibility index (Phi) is 5.43. The molecular weight excluding hydrogens is 348 g/mol. The SMILES string of the molecule is CCc1c(C(=O)NC2CC(C(=O)O)C2)nnn1-c1ccc(OC(C)C)cc1. The Balaban J connectivity index is 1.73. The average Bonchev–Trinajstić information content (AvgIpc) is 3.01. The quantitative estimate of drug-likeness (QED) is 0.772. The standard InChI is InChI=1S/C19H24N4O4/c1-4-16-17(18(24)20-13-9-12(10-13)19(25)26)21-22-23(16)14-5-7-15(8-6-14)27-11(2)3/h5-8,11-13H,4,9-10H2,1-3H3,(H,20,24)(H,25,26). The van der Waals surface area contributed by atoms with Crippen molar-refractivity contribution in [3.63, 3.8) is 0 Å². The molecule has 1 aliphatic rings. The van der Waals surface area contributed by atoms with E-state index in [-0.39, 0.29) is 29.7 Å². The maximum absolute atomic E-state index is 12.5. The molecule has 0 spiro atoms. The van der Waals surface area contributed by atoms with Gasteiger partial charge < -0.3 is 15.2 Å². The van der Waals surface area contributed by atoms with Gasteiger partial charge in [0.05, 0.1) is 23.4 Å². The van der Waals surface area contributed by atoms with E-state index in [9.17, 15) is 9.59 Å². The van der Waals surface area contributed by atoms with E-state index in [1.54, 1.807) is 4.68 Å². The van der Waals surface area contributed by atoms with Crippen molar-refractivity contribution in [2.45, 2.75) is 52.2 Å². The first kappa shape index (κ1) is 18.9. The number of carboxylic acids is 1. The molecule has 1 saturated carbocycles. The number of nitrogens with zero attached hydrogens (tertiary/aromatic N) is 3. The van der Waals surface area contributed by atoms with Gasteiger partial charge in [0.25, 0.3) is 5.91 Å². The first-order chi connectivity index (χ1) is 12.9. The smallest absolute Gasteiger partial charge is 0.306 e. The molecule has 0 aliphatic heterocycles. The first-order valence-corrected chi connectivity index (χ1v) is 9.14. The van der Waals surface area contributed by atoms with Crippen LogP contribution in [-0.2, 0) is 11.2 Å². The van der Waals surface area contributed by atoms with Gasteiger partial charge in [-0.3, -0.25) is 9.59 Å². The van der Waals surface area contributed by atoms with Crippen molar-refractivity contribution in [1.29, 1.82) is 0 Å². The number of carbonyl (C=O) groups is 2. The van der Waals surface area contributed by atoms with Crippen molar-refractivity contribution in [2.75, 3.05) is 0 Å². The van der Waals surface area contributed by atoms with Crippen LogP contribution in [0, 0.1) is 5.92 Å². The van der Waals surface area contributed by atoms with Gasteiger partial charge in [-0.25, -0.2) is 4.68 Å². The summed E-state index contributed by atoms with van der Waals surface area (Å²) in [5.74, 6) is -0.733. The predicted molar refractivity (Wildman–Crippen MR) is 98.1 cm³/mol. The topological polar surface area (TPSA) is 106 Å². The summed E-state index contributed by atoms with van der Waals surface area (Å²) in [6, 6.07) is 7.33. The van der Waals surface area contributed by atoms with Crippen molar-refractivity contribution >= 4 is 11.9 Å². The molecular formula is C19H24N4O4. The van der Waals surface area contributed by atoms with E-state index >= 15 is 0 Å². The highest BCUT2D eigenvalue weighted by Crippen LogP contribution is 2.28. The number of ether oxygens (including phenoxy) is 1. The van der Waals surface area contributed by atoms with Gasteiger partial charge in [0.1, 0.15) is 5.75 Å². The molecule has 0 bridgehead atoms. The van der Waals surface area contributed by atoms with Crippen LogP contribution in [0.2, 0.25) is 0 Å². The molecule has 2 aromatic rings. The minimum atomic E-state index is -0.814. The average molecular weight is 372 g/mol. The van der Waals surface area contributed by atoms with Crippen molar-refractivity contribution in [3.8, 4) is 11.4 Å². The first-order valence-electron chi connectivity index (χ1n) is 9.14. The fourth-order valence-electron chi connectivity index (χ4n) is 3.13. The van der Waals surface area contributed by atoms with Crippen LogP contribution in [0.4, 0.5) is 0 Å². The Hall–Kier alpha value is -2.90. The molecule has 3 rings (SSSR count). The second kappa shape index (κ2) is 7.77. The second-order valence-corrected chi connectivity index (χ2v) is 6.99. The third kappa shape index (κ3) is 4.10. The van der Waals surface area contributed by atoms with Crippen molar-refractivity contribution < 1.29 is 19.4 Å². The molecule has 8 nitrogen and oxygen atoms in total.